The van der Waals surface area contributed by atoms with Gasteiger partial charge in [-0.3, -0.25) is 19.3 Å². The van der Waals surface area contributed by atoms with Crippen molar-refractivity contribution in [3.05, 3.63) is 46.8 Å². The Kier molecular flexibility index (Phi) is 3.44. The third kappa shape index (κ3) is 2.26. The van der Waals surface area contributed by atoms with Gasteiger partial charge >= 0.3 is 5.97 Å². The Morgan fingerprint density at radius 3 is 2.86 bits per heavy atom. The van der Waals surface area contributed by atoms with E-state index in [0.717, 1.165) is 5.56 Å². The van der Waals surface area contributed by atoms with Gasteiger partial charge in [-0.25, -0.2) is 0 Å². The number of carbonyl (C=O) groups is 3. The number of aryl methyl sites for hydroxylation is 1. The fraction of sp³-hybridized carbons (Fsp3) is 0.312. The number of amides is 1. The maximum absolute atomic E-state index is 12.8. The second kappa shape index (κ2) is 5.29. The van der Waals surface area contributed by atoms with E-state index in [1.165, 1.54) is 4.90 Å². The Labute approximate surface area is 127 Å². The van der Waals surface area contributed by atoms with Crippen molar-refractivity contribution in [2.75, 3.05) is 13.1 Å². The number of carboxylic acid groups (broad SMARTS) is 1. The molecule has 1 aromatic carbocycles. The van der Waals surface area contributed by atoms with E-state index in [4.69, 9.17) is 5.11 Å². The minimum Gasteiger partial charge on any atom is -0.481 e. The molecule has 1 aromatic rings. The molecule has 0 bridgehead atoms. The second-order valence-electron chi connectivity index (χ2n) is 5.53. The molecule has 2 aliphatic rings. The van der Waals surface area contributed by atoms with Crippen molar-refractivity contribution in [2.45, 2.75) is 13.3 Å². The monoisotopic (exact) mass is 300 g/mol. The number of carboxylic acids is 1. The molecule has 6 heteroatoms. The fourth-order valence-corrected chi connectivity index (χ4v) is 3.00. The Morgan fingerprint density at radius 2 is 2.18 bits per heavy atom. The molecule has 0 aromatic heterocycles. The van der Waals surface area contributed by atoms with Crippen LogP contribution in [0.4, 0.5) is 0 Å². The predicted molar refractivity (Wildman–Crippen MR) is 78.0 cm³/mol. The quantitative estimate of drug-likeness (QED) is 0.808. The van der Waals surface area contributed by atoms with Gasteiger partial charge in [0.05, 0.1) is 17.9 Å². The van der Waals surface area contributed by atoms with Gasteiger partial charge in [0.1, 0.15) is 5.82 Å². The zero-order valence-corrected chi connectivity index (χ0v) is 12.1. The summed E-state index contributed by atoms with van der Waals surface area (Å²) in [5.74, 6) is -2.11. The van der Waals surface area contributed by atoms with Crippen LogP contribution in [0.5, 0.6) is 0 Å². The number of ketones is 1. The Morgan fingerprint density at radius 1 is 1.41 bits per heavy atom. The molecule has 1 fully saturated rings. The summed E-state index contributed by atoms with van der Waals surface area (Å²) in [6, 6.07) is 7.08. The molecule has 2 N–H and O–H groups in total. The van der Waals surface area contributed by atoms with E-state index in [1.54, 1.807) is 18.2 Å². The van der Waals surface area contributed by atoms with E-state index >= 15 is 0 Å². The van der Waals surface area contributed by atoms with Crippen molar-refractivity contribution in [3.8, 4) is 0 Å². The first-order valence-electron chi connectivity index (χ1n) is 7.11. The van der Waals surface area contributed by atoms with Crippen LogP contribution < -0.4 is 5.32 Å². The lowest BCUT2D eigenvalue weighted by molar-refractivity contribution is -0.141. The molecule has 0 saturated carbocycles. The van der Waals surface area contributed by atoms with Gasteiger partial charge in [-0.1, -0.05) is 23.8 Å². The van der Waals surface area contributed by atoms with Crippen LogP contribution in [0.1, 0.15) is 22.3 Å². The predicted octanol–water partition coefficient (Wildman–Crippen LogP) is 0.926. The van der Waals surface area contributed by atoms with Gasteiger partial charge in [-0.15, -0.1) is 0 Å². The summed E-state index contributed by atoms with van der Waals surface area (Å²) in [7, 11) is 0. The van der Waals surface area contributed by atoms with Gasteiger partial charge in [-0.2, -0.15) is 0 Å². The third-order valence-corrected chi connectivity index (χ3v) is 3.97. The van der Waals surface area contributed by atoms with E-state index in [1.807, 2.05) is 13.0 Å². The van der Waals surface area contributed by atoms with Crippen LogP contribution in [0.3, 0.4) is 0 Å². The average Bonchev–Trinajstić information content (AvgIpc) is 3.02. The Balaban J connectivity index is 2.04. The van der Waals surface area contributed by atoms with Crippen molar-refractivity contribution < 1.29 is 19.5 Å². The molecular formula is C16H16N2O4. The molecule has 2 aliphatic heterocycles. The molecule has 2 heterocycles. The zero-order valence-electron chi connectivity index (χ0n) is 12.1. The van der Waals surface area contributed by atoms with Gasteiger partial charge in [0.25, 0.3) is 0 Å². The molecule has 1 atom stereocenters. The topological polar surface area (TPSA) is 86.7 Å². The van der Waals surface area contributed by atoms with Crippen LogP contribution in [-0.2, 0) is 9.59 Å². The highest BCUT2D eigenvalue weighted by Gasteiger charge is 2.45. The number of benzene rings is 1. The van der Waals surface area contributed by atoms with E-state index < -0.39 is 11.9 Å². The lowest BCUT2D eigenvalue weighted by atomic mass is 9.90. The first-order chi connectivity index (χ1) is 10.5. The van der Waals surface area contributed by atoms with Crippen LogP contribution >= 0.6 is 0 Å². The summed E-state index contributed by atoms with van der Waals surface area (Å²) >= 11 is 0. The van der Waals surface area contributed by atoms with Crippen molar-refractivity contribution in [1.82, 2.24) is 10.2 Å². The number of nitrogens with zero attached hydrogens (tertiary/aromatic N) is 1. The number of aliphatic carboxylic acids is 1. The summed E-state index contributed by atoms with van der Waals surface area (Å²) in [5, 5.41) is 12.1. The van der Waals surface area contributed by atoms with E-state index in [9.17, 15) is 14.4 Å². The van der Waals surface area contributed by atoms with E-state index in [0.29, 0.717) is 24.5 Å². The number of carbonyl (C=O) groups excluding carboxylic acids is 2. The largest absolute Gasteiger partial charge is 0.481 e. The Bertz CT molecular complexity index is 708. The number of rotatable bonds is 4. The van der Waals surface area contributed by atoms with Crippen LogP contribution in [0, 0.1) is 12.8 Å². The molecule has 6 nitrogen and oxygen atoms in total. The lowest BCUT2D eigenvalue weighted by Gasteiger charge is -2.12. The van der Waals surface area contributed by atoms with Gasteiger partial charge in [-0.05, 0) is 13.0 Å². The summed E-state index contributed by atoms with van der Waals surface area (Å²) in [4.78, 5) is 37.7. The molecular weight excluding hydrogens is 284 g/mol. The number of hydrogen-bond acceptors (Lipinski definition) is 4. The Hall–Kier alpha value is -2.63. The number of fused-ring (bicyclic) bond motifs is 1. The van der Waals surface area contributed by atoms with Crippen LogP contribution in [0.15, 0.2) is 35.7 Å². The molecule has 3 rings (SSSR count). The van der Waals surface area contributed by atoms with Crippen molar-refractivity contribution in [1.29, 1.82) is 0 Å². The highest BCUT2D eigenvalue weighted by atomic mass is 16.4. The SMILES string of the molecule is Cc1cccc(C(=O)C2=C3NCCN3C(=O)C2CC(=O)O)c1. The summed E-state index contributed by atoms with van der Waals surface area (Å²) in [6.45, 7) is 2.92. The van der Waals surface area contributed by atoms with Gasteiger partial charge < -0.3 is 10.4 Å². The normalized spacial score (nSPS) is 20.1. The fourth-order valence-electron chi connectivity index (χ4n) is 3.00. The lowest BCUT2D eigenvalue weighted by Crippen LogP contribution is -2.29. The first-order valence-corrected chi connectivity index (χ1v) is 7.11. The summed E-state index contributed by atoms with van der Waals surface area (Å²) < 4.78 is 0. The van der Waals surface area contributed by atoms with Crippen LogP contribution in [-0.4, -0.2) is 40.8 Å². The van der Waals surface area contributed by atoms with Gasteiger partial charge in [0.2, 0.25) is 5.91 Å². The molecule has 1 unspecified atom stereocenters. The van der Waals surface area contributed by atoms with E-state index in [-0.39, 0.29) is 23.7 Å². The highest BCUT2D eigenvalue weighted by molar-refractivity contribution is 6.15. The summed E-state index contributed by atoms with van der Waals surface area (Å²) in [5.41, 5.74) is 1.68. The molecule has 22 heavy (non-hydrogen) atoms. The molecule has 0 spiro atoms. The van der Waals surface area contributed by atoms with Crippen molar-refractivity contribution >= 4 is 17.7 Å². The number of nitrogens with one attached hydrogen (secondary N) is 1. The maximum Gasteiger partial charge on any atom is 0.304 e. The van der Waals surface area contributed by atoms with Gasteiger partial charge in [0, 0.05) is 18.7 Å². The van der Waals surface area contributed by atoms with Crippen molar-refractivity contribution in [3.63, 3.8) is 0 Å². The van der Waals surface area contributed by atoms with Gasteiger partial charge in [0.15, 0.2) is 5.78 Å². The highest BCUT2D eigenvalue weighted by Crippen LogP contribution is 2.34. The smallest absolute Gasteiger partial charge is 0.304 e. The zero-order chi connectivity index (χ0) is 15.9. The van der Waals surface area contributed by atoms with Crippen molar-refractivity contribution in [2.24, 2.45) is 5.92 Å². The van der Waals surface area contributed by atoms with E-state index in [2.05, 4.69) is 5.32 Å². The molecule has 1 amide bonds. The second-order valence-corrected chi connectivity index (χ2v) is 5.53. The summed E-state index contributed by atoms with van der Waals surface area (Å²) in [6.07, 6.45) is -0.368. The average molecular weight is 300 g/mol. The molecule has 0 radical (unpaired) electrons. The number of hydrogen-bond donors (Lipinski definition) is 2. The maximum atomic E-state index is 12.8. The third-order valence-electron chi connectivity index (χ3n) is 3.97. The minimum atomic E-state index is -1.09. The molecule has 1 saturated heterocycles. The first kappa shape index (κ1) is 14.3. The number of Topliss-reactive ketones (excluding diaryl/α,β-unsaturated/α-hetero) is 1. The van der Waals surface area contributed by atoms with Crippen LogP contribution in [0.2, 0.25) is 0 Å². The molecule has 114 valence electrons. The molecule has 0 aliphatic carbocycles. The standard InChI is InChI=1S/C16H16N2O4/c1-9-3-2-4-10(7-9)14(21)13-11(8-12(19)20)16(22)18-6-5-17-15(13)18/h2-4,7,11,17H,5-6,8H2,1H3,(H,19,20). The van der Waals surface area contributed by atoms with Crippen LogP contribution in [0.25, 0.3) is 0 Å². The minimum absolute atomic E-state index is 0.274.